The molecule has 1 atom stereocenters. The van der Waals surface area contributed by atoms with E-state index in [4.69, 9.17) is 0 Å². The molecule has 2 N–H and O–H groups in total. The van der Waals surface area contributed by atoms with Crippen LogP contribution in [0.2, 0.25) is 0 Å². The van der Waals surface area contributed by atoms with Crippen LogP contribution >= 0.6 is 0 Å². The molecule has 0 saturated carbocycles. The van der Waals surface area contributed by atoms with Gasteiger partial charge in [-0.2, -0.15) is 0 Å². The molecule has 1 aliphatic rings. The number of aryl methyl sites for hydroxylation is 1. The second kappa shape index (κ2) is 2.88. The van der Waals surface area contributed by atoms with Gasteiger partial charge >= 0.3 is 0 Å². The van der Waals surface area contributed by atoms with Gasteiger partial charge < -0.3 is 5.32 Å². The summed E-state index contributed by atoms with van der Waals surface area (Å²) in [5.74, 6) is 0. The molecule has 0 saturated heterocycles. The minimum absolute atomic E-state index is 0.572. The Balaban J connectivity index is 2.54. The molecule has 1 aliphatic heterocycles. The Labute approximate surface area is 73.8 Å². The SMILES string of the molecule is Cc1ccc2c(c1)S(=O)NCN2. The highest BCUT2D eigenvalue weighted by atomic mass is 32.2. The molecule has 64 valence electrons. The van der Waals surface area contributed by atoms with Gasteiger partial charge in [0, 0.05) is 0 Å². The predicted molar refractivity (Wildman–Crippen MR) is 49.2 cm³/mol. The van der Waals surface area contributed by atoms with Crippen molar-refractivity contribution < 1.29 is 4.21 Å². The molecule has 0 radical (unpaired) electrons. The lowest BCUT2D eigenvalue weighted by atomic mass is 10.2. The van der Waals surface area contributed by atoms with E-state index in [1.807, 2.05) is 25.1 Å². The summed E-state index contributed by atoms with van der Waals surface area (Å²) in [5, 5.41) is 3.12. The van der Waals surface area contributed by atoms with E-state index >= 15 is 0 Å². The van der Waals surface area contributed by atoms with E-state index in [0.717, 1.165) is 16.1 Å². The zero-order valence-corrected chi connectivity index (χ0v) is 7.57. The fraction of sp³-hybridized carbons (Fsp3) is 0.250. The summed E-state index contributed by atoms with van der Waals surface area (Å²) in [4.78, 5) is 0.848. The molecule has 0 amide bonds. The molecule has 0 fully saturated rings. The first-order valence-electron chi connectivity index (χ1n) is 3.77. The van der Waals surface area contributed by atoms with Crippen molar-refractivity contribution in [1.29, 1.82) is 0 Å². The Hall–Kier alpha value is -0.870. The predicted octanol–water partition coefficient (Wildman–Crippen LogP) is 0.990. The van der Waals surface area contributed by atoms with Crippen molar-refractivity contribution in [3.8, 4) is 0 Å². The maximum atomic E-state index is 11.4. The first-order valence-corrected chi connectivity index (χ1v) is 4.92. The van der Waals surface area contributed by atoms with Gasteiger partial charge in [-0.05, 0) is 24.6 Å². The number of hydrogen-bond acceptors (Lipinski definition) is 2. The molecule has 0 aromatic heterocycles. The molecule has 1 heterocycles. The molecule has 1 aromatic carbocycles. The van der Waals surface area contributed by atoms with Gasteiger partial charge in [-0.25, -0.2) is 8.93 Å². The zero-order valence-electron chi connectivity index (χ0n) is 6.76. The molecular formula is C8H10N2OS. The number of nitrogens with one attached hydrogen (secondary N) is 2. The summed E-state index contributed by atoms with van der Waals surface area (Å²) in [6.07, 6.45) is 0. The van der Waals surface area contributed by atoms with E-state index in [-0.39, 0.29) is 0 Å². The minimum Gasteiger partial charge on any atom is -0.371 e. The molecule has 0 bridgehead atoms. The Kier molecular flexibility index (Phi) is 1.86. The average molecular weight is 182 g/mol. The lowest BCUT2D eigenvalue weighted by molar-refractivity contribution is 0.672. The standard InChI is InChI=1S/C8H10N2OS/c1-6-2-3-7-8(4-6)12(11)10-5-9-7/h2-4,9-10H,5H2,1H3. The van der Waals surface area contributed by atoms with Crippen LogP contribution in [-0.4, -0.2) is 10.9 Å². The highest BCUT2D eigenvalue weighted by molar-refractivity contribution is 7.83. The third kappa shape index (κ3) is 1.23. The second-order valence-electron chi connectivity index (χ2n) is 2.77. The Bertz CT molecular complexity index is 338. The van der Waals surface area contributed by atoms with Gasteiger partial charge in [0.15, 0.2) is 0 Å². The highest BCUT2D eigenvalue weighted by Gasteiger charge is 2.13. The summed E-state index contributed by atoms with van der Waals surface area (Å²) >= 11 is 0. The van der Waals surface area contributed by atoms with Crippen LogP contribution in [0, 0.1) is 6.92 Å². The van der Waals surface area contributed by atoms with Gasteiger partial charge in [-0.15, -0.1) is 0 Å². The van der Waals surface area contributed by atoms with Crippen molar-refractivity contribution in [2.24, 2.45) is 0 Å². The van der Waals surface area contributed by atoms with Crippen molar-refractivity contribution in [3.05, 3.63) is 23.8 Å². The van der Waals surface area contributed by atoms with Crippen molar-refractivity contribution in [1.82, 2.24) is 4.72 Å². The molecule has 1 unspecified atom stereocenters. The molecule has 3 nitrogen and oxygen atoms in total. The van der Waals surface area contributed by atoms with Crippen molar-refractivity contribution >= 4 is 16.7 Å². The molecule has 4 heteroatoms. The van der Waals surface area contributed by atoms with Crippen LogP contribution in [-0.2, 0) is 11.0 Å². The lowest BCUT2D eigenvalue weighted by Crippen LogP contribution is -2.29. The third-order valence-corrected chi connectivity index (χ3v) is 2.96. The molecule has 12 heavy (non-hydrogen) atoms. The Morgan fingerprint density at radius 2 is 2.33 bits per heavy atom. The minimum atomic E-state index is -1.04. The van der Waals surface area contributed by atoms with Crippen LogP contribution in [0.25, 0.3) is 0 Å². The van der Waals surface area contributed by atoms with Gasteiger partial charge in [0.2, 0.25) is 0 Å². The van der Waals surface area contributed by atoms with Gasteiger partial charge in [-0.1, -0.05) is 6.07 Å². The van der Waals surface area contributed by atoms with Gasteiger partial charge in [0.1, 0.15) is 11.0 Å². The van der Waals surface area contributed by atoms with Crippen LogP contribution in [0.4, 0.5) is 5.69 Å². The average Bonchev–Trinajstić information content (AvgIpc) is 2.07. The topological polar surface area (TPSA) is 41.1 Å². The largest absolute Gasteiger partial charge is 0.371 e. The van der Waals surface area contributed by atoms with Gasteiger partial charge in [-0.3, -0.25) is 0 Å². The normalized spacial score (nSPS) is 21.2. The quantitative estimate of drug-likeness (QED) is 0.628. The van der Waals surface area contributed by atoms with Crippen molar-refractivity contribution in [2.45, 2.75) is 11.8 Å². The van der Waals surface area contributed by atoms with E-state index in [2.05, 4.69) is 10.0 Å². The Morgan fingerprint density at radius 1 is 1.50 bits per heavy atom. The molecule has 1 aromatic rings. The molecular weight excluding hydrogens is 172 g/mol. The van der Waals surface area contributed by atoms with E-state index in [9.17, 15) is 4.21 Å². The fourth-order valence-electron chi connectivity index (χ4n) is 1.20. The van der Waals surface area contributed by atoms with Crippen LogP contribution in [0.15, 0.2) is 23.1 Å². The third-order valence-electron chi connectivity index (χ3n) is 1.82. The summed E-state index contributed by atoms with van der Waals surface area (Å²) < 4.78 is 14.2. The van der Waals surface area contributed by atoms with E-state index < -0.39 is 11.0 Å². The van der Waals surface area contributed by atoms with Crippen LogP contribution in [0.3, 0.4) is 0 Å². The zero-order chi connectivity index (χ0) is 8.55. The molecule has 0 spiro atoms. The molecule has 2 rings (SSSR count). The van der Waals surface area contributed by atoms with Gasteiger partial charge in [0.25, 0.3) is 0 Å². The Morgan fingerprint density at radius 3 is 3.17 bits per heavy atom. The fourth-order valence-corrected chi connectivity index (χ4v) is 2.20. The number of anilines is 1. The molecule has 0 aliphatic carbocycles. The maximum Gasteiger partial charge on any atom is 0.128 e. The highest BCUT2D eigenvalue weighted by Crippen LogP contribution is 2.22. The van der Waals surface area contributed by atoms with Gasteiger partial charge in [0.05, 0.1) is 17.3 Å². The monoisotopic (exact) mass is 182 g/mol. The van der Waals surface area contributed by atoms with Crippen LogP contribution in [0.1, 0.15) is 5.56 Å². The summed E-state index contributed by atoms with van der Waals surface area (Å²) in [5.41, 5.74) is 2.10. The lowest BCUT2D eigenvalue weighted by Gasteiger charge is -2.18. The summed E-state index contributed by atoms with van der Waals surface area (Å²) in [6, 6.07) is 5.91. The van der Waals surface area contributed by atoms with Crippen LogP contribution in [0.5, 0.6) is 0 Å². The van der Waals surface area contributed by atoms with E-state index in [1.54, 1.807) is 0 Å². The summed E-state index contributed by atoms with van der Waals surface area (Å²) in [7, 11) is -1.04. The number of rotatable bonds is 0. The van der Waals surface area contributed by atoms with Crippen LogP contribution < -0.4 is 10.0 Å². The summed E-state index contributed by atoms with van der Waals surface area (Å²) in [6.45, 7) is 2.56. The van der Waals surface area contributed by atoms with Crippen molar-refractivity contribution in [3.63, 3.8) is 0 Å². The van der Waals surface area contributed by atoms with E-state index in [1.165, 1.54) is 0 Å². The first-order chi connectivity index (χ1) is 5.77. The first kappa shape index (κ1) is 7.76. The second-order valence-corrected chi connectivity index (χ2v) is 4.03. The smallest absolute Gasteiger partial charge is 0.128 e. The van der Waals surface area contributed by atoms with E-state index in [0.29, 0.717) is 6.67 Å². The van der Waals surface area contributed by atoms with Crippen molar-refractivity contribution in [2.75, 3.05) is 12.0 Å². The maximum absolute atomic E-state index is 11.4. The number of benzene rings is 1. The number of fused-ring (bicyclic) bond motifs is 1. The number of hydrogen-bond donors (Lipinski definition) is 2.